The summed E-state index contributed by atoms with van der Waals surface area (Å²) in [6.45, 7) is 3.43. The number of amides is 4. The van der Waals surface area contributed by atoms with Crippen molar-refractivity contribution in [1.29, 1.82) is 0 Å². The van der Waals surface area contributed by atoms with Gasteiger partial charge in [-0.15, -0.1) is 0 Å². The van der Waals surface area contributed by atoms with Crippen LogP contribution in [0, 0.1) is 6.92 Å². The molecule has 8 heteroatoms. The number of anilines is 3. The molecule has 0 saturated heterocycles. The first-order valence-electron chi connectivity index (χ1n) is 11.0. The largest absolute Gasteiger partial charge is 0.497 e. The SMILES string of the molecule is COc1ccc(C=CC(=O)NC(C)C(=O)Nc2cc(NC(=O)Nc3ccccc3)ccc2C)cc1. The van der Waals surface area contributed by atoms with E-state index >= 15 is 0 Å². The Bertz CT molecular complexity index is 1210. The predicted octanol–water partition coefficient (Wildman–Crippen LogP) is 4.80. The molecule has 35 heavy (non-hydrogen) atoms. The maximum Gasteiger partial charge on any atom is 0.323 e. The number of para-hydroxylation sites is 1. The Kier molecular flexibility index (Phi) is 8.61. The molecule has 3 rings (SSSR count). The average Bonchev–Trinajstić information content (AvgIpc) is 2.85. The predicted molar refractivity (Wildman–Crippen MR) is 139 cm³/mol. The summed E-state index contributed by atoms with van der Waals surface area (Å²) in [6, 6.07) is 20.3. The van der Waals surface area contributed by atoms with Crippen molar-refractivity contribution in [2.24, 2.45) is 0 Å². The summed E-state index contributed by atoms with van der Waals surface area (Å²) in [6.07, 6.45) is 3.02. The van der Waals surface area contributed by atoms with Crippen LogP contribution in [-0.2, 0) is 9.59 Å². The minimum atomic E-state index is -0.777. The van der Waals surface area contributed by atoms with E-state index in [1.165, 1.54) is 6.08 Å². The van der Waals surface area contributed by atoms with E-state index in [4.69, 9.17) is 4.74 Å². The molecule has 1 unspecified atom stereocenters. The van der Waals surface area contributed by atoms with E-state index in [0.717, 1.165) is 16.9 Å². The summed E-state index contributed by atoms with van der Waals surface area (Å²) in [5, 5.41) is 10.9. The highest BCUT2D eigenvalue weighted by molar-refractivity contribution is 6.02. The number of nitrogens with one attached hydrogen (secondary N) is 4. The third-order valence-corrected chi connectivity index (χ3v) is 5.08. The Balaban J connectivity index is 1.55. The van der Waals surface area contributed by atoms with Gasteiger partial charge in [0.2, 0.25) is 11.8 Å². The van der Waals surface area contributed by atoms with Crippen LogP contribution in [-0.4, -0.2) is 31.0 Å². The van der Waals surface area contributed by atoms with Crippen molar-refractivity contribution >= 4 is 41.0 Å². The van der Waals surface area contributed by atoms with E-state index in [1.54, 1.807) is 62.6 Å². The minimum absolute atomic E-state index is 0.384. The van der Waals surface area contributed by atoms with Gasteiger partial charge < -0.3 is 26.0 Å². The van der Waals surface area contributed by atoms with Crippen molar-refractivity contribution in [2.45, 2.75) is 19.9 Å². The molecule has 0 aliphatic rings. The second-order valence-corrected chi connectivity index (χ2v) is 7.80. The number of hydrogen-bond acceptors (Lipinski definition) is 4. The van der Waals surface area contributed by atoms with Gasteiger partial charge in [0.15, 0.2) is 0 Å². The van der Waals surface area contributed by atoms with E-state index in [1.807, 2.05) is 37.3 Å². The summed E-state index contributed by atoms with van der Waals surface area (Å²) >= 11 is 0. The number of hydrogen-bond donors (Lipinski definition) is 4. The summed E-state index contributed by atoms with van der Waals surface area (Å²) < 4.78 is 5.11. The van der Waals surface area contributed by atoms with Gasteiger partial charge in [-0.1, -0.05) is 36.4 Å². The molecule has 0 aliphatic carbocycles. The molecule has 0 aromatic heterocycles. The number of benzene rings is 3. The van der Waals surface area contributed by atoms with E-state index < -0.39 is 18.0 Å². The molecule has 3 aromatic rings. The highest BCUT2D eigenvalue weighted by atomic mass is 16.5. The lowest BCUT2D eigenvalue weighted by Gasteiger charge is -2.16. The zero-order valence-corrected chi connectivity index (χ0v) is 19.8. The Morgan fingerprint density at radius 2 is 1.54 bits per heavy atom. The van der Waals surface area contributed by atoms with Crippen LogP contribution in [0.2, 0.25) is 0 Å². The van der Waals surface area contributed by atoms with Crippen LogP contribution >= 0.6 is 0 Å². The molecule has 0 heterocycles. The van der Waals surface area contributed by atoms with E-state index in [2.05, 4.69) is 21.3 Å². The minimum Gasteiger partial charge on any atom is -0.497 e. The molecule has 8 nitrogen and oxygen atoms in total. The van der Waals surface area contributed by atoms with E-state index in [9.17, 15) is 14.4 Å². The van der Waals surface area contributed by atoms with Gasteiger partial charge >= 0.3 is 6.03 Å². The molecule has 1 atom stereocenters. The third kappa shape index (κ3) is 7.75. The Labute approximate surface area is 204 Å². The molecular weight excluding hydrogens is 444 g/mol. The number of urea groups is 1. The van der Waals surface area contributed by atoms with Crippen molar-refractivity contribution in [3.05, 3.63) is 90.0 Å². The second-order valence-electron chi connectivity index (χ2n) is 7.80. The fraction of sp³-hybridized carbons (Fsp3) is 0.148. The molecule has 3 aromatic carbocycles. The van der Waals surface area contributed by atoms with Crippen LogP contribution < -0.4 is 26.0 Å². The first-order chi connectivity index (χ1) is 16.8. The number of aryl methyl sites for hydroxylation is 1. The van der Waals surface area contributed by atoms with Gasteiger partial charge in [0.1, 0.15) is 11.8 Å². The molecule has 4 amide bonds. The zero-order chi connectivity index (χ0) is 25.2. The van der Waals surface area contributed by atoms with Crippen LogP contribution in [0.15, 0.2) is 78.9 Å². The van der Waals surface area contributed by atoms with Crippen molar-refractivity contribution in [3.8, 4) is 5.75 Å². The molecule has 0 fully saturated rings. The van der Waals surface area contributed by atoms with Crippen LogP contribution in [0.25, 0.3) is 6.08 Å². The van der Waals surface area contributed by atoms with Crippen molar-refractivity contribution in [2.75, 3.05) is 23.1 Å². The molecule has 180 valence electrons. The third-order valence-electron chi connectivity index (χ3n) is 5.08. The summed E-state index contributed by atoms with van der Waals surface area (Å²) in [4.78, 5) is 37.2. The normalized spacial score (nSPS) is 11.4. The average molecular weight is 473 g/mol. The monoisotopic (exact) mass is 472 g/mol. The van der Waals surface area contributed by atoms with Gasteiger partial charge in [-0.2, -0.15) is 0 Å². The lowest BCUT2D eigenvalue weighted by molar-refractivity contribution is -0.123. The number of carbonyl (C=O) groups is 3. The summed E-state index contributed by atoms with van der Waals surface area (Å²) in [7, 11) is 1.59. The Morgan fingerprint density at radius 1 is 0.857 bits per heavy atom. The van der Waals surface area contributed by atoms with Crippen LogP contribution in [0.5, 0.6) is 5.75 Å². The van der Waals surface area contributed by atoms with Crippen molar-refractivity contribution < 1.29 is 19.1 Å². The second kappa shape index (κ2) is 12.0. The first kappa shape index (κ1) is 25.0. The zero-order valence-electron chi connectivity index (χ0n) is 19.8. The van der Waals surface area contributed by atoms with Crippen LogP contribution in [0.1, 0.15) is 18.1 Å². The fourth-order valence-corrected chi connectivity index (χ4v) is 3.10. The van der Waals surface area contributed by atoms with Crippen LogP contribution in [0.3, 0.4) is 0 Å². The molecule has 0 aliphatic heterocycles. The maximum atomic E-state index is 12.7. The van der Waals surface area contributed by atoms with Crippen LogP contribution in [0.4, 0.5) is 21.9 Å². The maximum absolute atomic E-state index is 12.7. The molecule has 0 spiro atoms. The highest BCUT2D eigenvalue weighted by Gasteiger charge is 2.16. The first-order valence-corrected chi connectivity index (χ1v) is 11.0. The molecule has 0 saturated carbocycles. The van der Waals surface area contributed by atoms with Gasteiger partial charge in [-0.3, -0.25) is 9.59 Å². The van der Waals surface area contributed by atoms with Gasteiger partial charge in [0, 0.05) is 23.1 Å². The topological polar surface area (TPSA) is 109 Å². The number of methoxy groups -OCH3 is 1. The lowest BCUT2D eigenvalue weighted by atomic mass is 10.1. The summed E-state index contributed by atoms with van der Waals surface area (Å²) in [5.41, 5.74) is 3.34. The van der Waals surface area contributed by atoms with Gasteiger partial charge in [0.25, 0.3) is 0 Å². The summed E-state index contributed by atoms with van der Waals surface area (Å²) in [5.74, 6) is -0.0540. The smallest absolute Gasteiger partial charge is 0.323 e. The van der Waals surface area contributed by atoms with Gasteiger partial charge in [-0.05, 0) is 67.4 Å². The van der Waals surface area contributed by atoms with E-state index in [-0.39, 0.29) is 5.91 Å². The van der Waals surface area contributed by atoms with Crippen molar-refractivity contribution in [3.63, 3.8) is 0 Å². The standard InChI is InChI=1S/C27H28N4O4/c1-18-9-13-22(30-27(34)29-21-7-5-4-6-8-21)17-24(18)31-26(33)19(2)28-25(32)16-12-20-10-14-23(35-3)15-11-20/h4-17,19H,1-3H3,(H,28,32)(H,31,33)(H2,29,30,34). The number of carbonyl (C=O) groups excluding carboxylic acids is 3. The molecule has 4 N–H and O–H groups in total. The van der Waals surface area contributed by atoms with Gasteiger partial charge in [-0.25, -0.2) is 4.79 Å². The Hall–Kier alpha value is -4.59. The quantitative estimate of drug-likeness (QED) is 0.353. The van der Waals surface area contributed by atoms with Crippen molar-refractivity contribution in [1.82, 2.24) is 5.32 Å². The molecule has 0 bridgehead atoms. The number of ether oxygens (including phenoxy) is 1. The van der Waals surface area contributed by atoms with Gasteiger partial charge in [0.05, 0.1) is 7.11 Å². The fourth-order valence-electron chi connectivity index (χ4n) is 3.10. The Morgan fingerprint density at radius 3 is 2.23 bits per heavy atom. The highest BCUT2D eigenvalue weighted by Crippen LogP contribution is 2.21. The van der Waals surface area contributed by atoms with E-state index in [0.29, 0.717) is 17.1 Å². The molecule has 0 radical (unpaired) electrons. The number of rotatable bonds is 8. The lowest BCUT2D eigenvalue weighted by Crippen LogP contribution is -2.41. The molecular formula is C27H28N4O4.